The number of pyridine rings is 1. The van der Waals surface area contributed by atoms with E-state index in [1.165, 1.54) is 0 Å². The topological polar surface area (TPSA) is 52.5 Å². The zero-order valence-corrected chi connectivity index (χ0v) is 14.7. The number of halogens is 2. The highest BCUT2D eigenvalue weighted by molar-refractivity contribution is 9.10. The van der Waals surface area contributed by atoms with Crippen LogP contribution in [0.1, 0.15) is 5.69 Å². The van der Waals surface area contributed by atoms with Crippen LogP contribution in [0.5, 0.6) is 5.75 Å². The second-order valence-electron chi connectivity index (χ2n) is 4.66. The van der Waals surface area contributed by atoms with E-state index in [-0.39, 0.29) is 0 Å². The van der Waals surface area contributed by atoms with Crippen molar-refractivity contribution in [1.82, 2.24) is 9.38 Å². The molecule has 0 spiro atoms. The molecule has 21 heavy (non-hydrogen) atoms. The molecule has 0 saturated carbocycles. The fourth-order valence-corrected chi connectivity index (χ4v) is 3.17. The van der Waals surface area contributed by atoms with Gasteiger partial charge < -0.3 is 10.5 Å². The Kier molecular flexibility index (Phi) is 3.67. The lowest BCUT2D eigenvalue weighted by atomic mass is 10.1. The molecule has 4 nitrogen and oxygen atoms in total. The van der Waals surface area contributed by atoms with Crippen molar-refractivity contribution in [2.75, 3.05) is 12.8 Å². The van der Waals surface area contributed by atoms with E-state index < -0.39 is 0 Å². The molecule has 2 aromatic heterocycles. The molecule has 0 fully saturated rings. The number of benzene rings is 1. The molecule has 108 valence electrons. The molecule has 0 aliphatic heterocycles. The van der Waals surface area contributed by atoms with Crippen LogP contribution in [0.25, 0.3) is 16.9 Å². The summed E-state index contributed by atoms with van der Waals surface area (Å²) in [5.74, 6) is 1.40. The molecular formula is C15H13Br2N3O. The molecule has 1 aromatic carbocycles. The van der Waals surface area contributed by atoms with Gasteiger partial charge >= 0.3 is 0 Å². The van der Waals surface area contributed by atoms with Crippen molar-refractivity contribution >= 4 is 43.3 Å². The van der Waals surface area contributed by atoms with Crippen LogP contribution < -0.4 is 10.5 Å². The molecule has 0 bridgehead atoms. The Labute approximate surface area is 139 Å². The first-order valence-corrected chi connectivity index (χ1v) is 7.88. The lowest BCUT2D eigenvalue weighted by molar-refractivity contribution is 0.412. The molecule has 2 heterocycles. The van der Waals surface area contributed by atoms with Crippen molar-refractivity contribution in [2.24, 2.45) is 0 Å². The van der Waals surface area contributed by atoms with Gasteiger partial charge in [-0.15, -0.1) is 0 Å². The molecule has 0 saturated heterocycles. The Morgan fingerprint density at radius 1 is 1.14 bits per heavy atom. The maximum atomic E-state index is 6.29. The van der Waals surface area contributed by atoms with Crippen molar-refractivity contribution in [3.63, 3.8) is 0 Å². The smallest absolute Gasteiger partial charge is 0.139 e. The van der Waals surface area contributed by atoms with E-state index in [0.717, 1.165) is 37.3 Å². The molecule has 0 atom stereocenters. The first-order chi connectivity index (χ1) is 10.0. The largest absolute Gasteiger partial charge is 0.496 e. The van der Waals surface area contributed by atoms with E-state index >= 15 is 0 Å². The van der Waals surface area contributed by atoms with Gasteiger partial charge in [-0.25, -0.2) is 4.98 Å². The first kappa shape index (κ1) is 14.4. The minimum Gasteiger partial charge on any atom is -0.496 e. The molecule has 3 aromatic rings. The van der Waals surface area contributed by atoms with E-state index in [9.17, 15) is 0 Å². The fourth-order valence-electron chi connectivity index (χ4n) is 2.32. The van der Waals surface area contributed by atoms with E-state index in [0.29, 0.717) is 5.82 Å². The van der Waals surface area contributed by atoms with E-state index in [1.807, 2.05) is 41.7 Å². The number of nitrogens with two attached hydrogens (primary N) is 1. The molecule has 0 aliphatic carbocycles. The highest BCUT2D eigenvalue weighted by Crippen LogP contribution is 2.34. The van der Waals surface area contributed by atoms with Crippen LogP contribution in [0.15, 0.2) is 39.3 Å². The van der Waals surface area contributed by atoms with E-state index in [4.69, 9.17) is 10.5 Å². The predicted octanol–water partition coefficient (Wildman–Crippen LogP) is 4.43. The number of nitrogens with zero attached hydrogens (tertiary/aromatic N) is 2. The van der Waals surface area contributed by atoms with Crippen molar-refractivity contribution in [3.8, 4) is 17.0 Å². The third-order valence-corrected chi connectivity index (χ3v) is 4.88. The Bertz CT molecular complexity index is 843. The SMILES string of the molecule is COc1ccc(-c2nc3ccc(Br)c(C)n3c2N)cc1Br. The predicted molar refractivity (Wildman–Crippen MR) is 91.7 cm³/mol. The minimum atomic E-state index is 0.626. The second kappa shape index (κ2) is 5.35. The van der Waals surface area contributed by atoms with Gasteiger partial charge in [-0.3, -0.25) is 4.40 Å². The van der Waals surface area contributed by atoms with Crippen LogP contribution in [0, 0.1) is 6.92 Å². The van der Waals surface area contributed by atoms with Crippen LogP contribution in [0.3, 0.4) is 0 Å². The summed E-state index contributed by atoms with van der Waals surface area (Å²) in [6.07, 6.45) is 0. The van der Waals surface area contributed by atoms with Gasteiger partial charge in [-0.2, -0.15) is 0 Å². The van der Waals surface area contributed by atoms with Crippen LogP contribution in [-0.2, 0) is 0 Å². The van der Waals surface area contributed by atoms with E-state index in [2.05, 4.69) is 36.8 Å². The van der Waals surface area contributed by atoms with Gasteiger partial charge in [0.1, 0.15) is 22.9 Å². The van der Waals surface area contributed by atoms with Crippen LogP contribution in [-0.4, -0.2) is 16.5 Å². The van der Waals surface area contributed by atoms with Crippen LogP contribution in [0.4, 0.5) is 5.82 Å². The van der Waals surface area contributed by atoms with Crippen molar-refractivity contribution in [1.29, 1.82) is 0 Å². The summed E-state index contributed by atoms with van der Waals surface area (Å²) in [5, 5.41) is 0. The maximum absolute atomic E-state index is 6.29. The van der Waals surface area contributed by atoms with Crippen molar-refractivity contribution in [2.45, 2.75) is 6.92 Å². The van der Waals surface area contributed by atoms with Gasteiger partial charge in [-0.1, -0.05) is 0 Å². The zero-order valence-electron chi connectivity index (χ0n) is 11.5. The van der Waals surface area contributed by atoms with Gasteiger partial charge in [0, 0.05) is 15.7 Å². The summed E-state index contributed by atoms with van der Waals surface area (Å²) >= 11 is 7.01. The molecule has 6 heteroatoms. The summed E-state index contributed by atoms with van der Waals surface area (Å²) in [5.41, 5.74) is 9.86. The molecule has 0 radical (unpaired) electrons. The number of ether oxygens (including phenoxy) is 1. The summed E-state index contributed by atoms with van der Waals surface area (Å²) < 4.78 is 9.07. The van der Waals surface area contributed by atoms with E-state index in [1.54, 1.807) is 7.11 Å². The Morgan fingerprint density at radius 2 is 1.90 bits per heavy atom. The highest BCUT2D eigenvalue weighted by Gasteiger charge is 2.15. The molecule has 3 rings (SSSR count). The minimum absolute atomic E-state index is 0.626. The second-order valence-corrected chi connectivity index (χ2v) is 6.36. The molecule has 0 unspecified atom stereocenters. The number of aromatic nitrogens is 2. The fraction of sp³-hybridized carbons (Fsp3) is 0.133. The number of imidazole rings is 1. The quantitative estimate of drug-likeness (QED) is 0.679. The number of rotatable bonds is 2. The van der Waals surface area contributed by atoms with Gasteiger partial charge in [0.05, 0.1) is 11.6 Å². The average molecular weight is 411 g/mol. The van der Waals surface area contributed by atoms with Crippen LogP contribution >= 0.6 is 31.9 Å². The van der Waals surface area contributed by atoms with Crippen molar-refractivity contribution in [3.05, 3.63) is 45.0 Å². The van der Waals surface area contributed by atoms with Crippen LogP contribution in [0.2, 0.25) is 0 Å². The third kappa shape index (κ3) is 2.32. The third-order valence-electron chi connectivity index (χ3n) is 3.42. The Hall–Kier alpha value is -1.53. The number of hydrogen-bond donors (Lipinski definition) is 1. The van der Waals surface area contributed by atoms with Gasteiger partial charge in [0.2, 0.25) is 0 Å². The summed E-state index contributed by atoms with van der Waals surface area (Å²) in [4.78, 5) is 4.64. The zero-order chi connectivity index (χ0) is 15.1. The molecule has 0 aliphatic rings. The number of hydrogen-bond acceptors (Lipinski definition) is 3. The van der Waals surface area contributed by atoms with Gasteiger partial charge in [-0.05, 0) is 69.1 Å². The first-order valence-electron chi connectivity index (χ1n) is 6.30. The average Bonchev–Trinajstić information content (AvgIpc) is 2.80. The number of methoxy groups -OCH3 is 1. The number of nitrogen functional groups attached to an aromatic ring is 1. The normalized spacial score (nSPS) is 11.0. The summed E-state index contributed by atoms with van der Waals surface area (Å²) in [6.45, 7) is 2.00. The maximum Gasteiger partial charge on any atom is 0.139 e. The highest BCUT2D eigenvalue weighted by atomic mass is 79.9. The monoisotopic (exact) mass is 409 g/mol. The summed E-state index contributed by atoms with van der Waals surface area (Å²) in [6, 6.07) is 9.72. The Morgan fingerprint density at radius 3 is 2.57 bits per heavy atom. The lowest BCUT2D eigenvalue weighted by Gasteiger charge is -2.06. The van der Waals surface area contributed by atoms with Gasteiger partial charge in [0.25, 0.3) is 0 Å². The number of anilines is 1. The molecule has 0 amide bonds. The number of aryl methyl sites for hydroxylation is 1. The Balaban J connectivity index is 2.24. The van der Waals surface area contributed by atoms with Crippen molar-refractivity contribution < 1.29 is 4.74 Å². The summed E-state index contributed by atoms with van der Waals surface area (Å²) in [7, 11) is 1.64. The lowest BCUT2D eigenvalue weighted by Crippen LogP contribution is -1.98. The standard InChI is InChI=1S/C15H13Br2N3O/c1-8-10(16)4-6-13-19-14(15(18)20(8)13)9-3-5-12(21-2)11(17)7-9/h3-7H,18H2,1-2H3. The number of fused-ring (bicyclic) bond motifs is 1. The molecule has 2 N–H and O–H groups in total. The van der Waals surface area contributed by atoms with Gasteiger partial charge in [0.15, 0.2) is 0 Å². The molecular weight excluding hydrogens is 398 g/mol.